The molecule has 0 aliphatic heterocycles. The van der Waals surface area contributed by atoms with Gasteiger partial charge in [-0.1, -0.05) is 67.1 Å². The molecular weight excluding hydrogens is 434 g/mol. The van der Waals surface area contributed by atoms with Crippen LogP contribution in [-0.4, -0.2) is 15.5 Å². The van der Waals surface area contributed by atoms with Crippen molar-refractivity contribution in [2.75, 3.05) is 4.90 Å². The summed E-state index contributed by atoms with van der Waals surface area (Å²) in [7, 11) is 0. The molecule has 6 heteroatoms. The summed E-state index contributed by atoms with van der Waals surface area (Å²) in [5.41, 5.74) is 2.16. The zero-order valence-electron chi connectivity index (χ0n) is 18.7. The normalized spacial score (nSPS) is 12.0. The zero-order valence-corrected chi connectivity index (χ0v) is 19.5. The van der Waals surface area contributed by atoms with Crippen LogP contribution in [0, 0.1) is 0 Å². The van der Waals surface area contributed by atoms with Crippen LogP contribution in [0.3, 0.4) is 0 Å². The summed E-state index contributed by atoms with van der Waals surface area (Å²) in [6, 6.07) is 23.9. The van der Waals surface area contributed by atoms with Crippen molar-refractivity contribution >= 4 is 34.1 Å². The predicted octanol–water partition coefficient (Wildman–Crippen LogP) is 5.99. The van der Waals surface area contributed by atoms with Gasteiger partial charge in [0.25, 0.3) is 5.56 Å². The van der Waals surface area contributed by atoms with E-state index in [0.717, 1.165) is 5.56 Å². The number of aromatic nitrogens is 2. The fourth-order valence-electron chi connectivity index (χ4n) is 4.08. The van der Waals surface area contributed by atoms with Crippen LogP contribution >= 0.6 is 11.6 Å². The van der Waals surface area contributed by atoms with Crippen LogP contribution in [0.5, 0.6) is 0 Å². The summed E-state index contributed by atoms with van der Waals surface area (Å²) in [6.45, 7) is 4.24. The number of fused-ring (bicyclic) bond motifs is 1. The van der Waals surface area contributed by atoms with Gasteiger partial charge in [-0.05, 0) is 49.2 Å². The summed E-state index contributed by atoms with van der Waals surface area (Å²) in [4.78, 5) is 33.4. The monoisotopic (exact) mass is 459 g/mol. The number of hydrogen-bond donors (Lipinski definition) is 0. The number of hydrogen-bond acceptors (Lipinski definition) is 3. The smallest absolute Gasteiger partial charge is 0.261 e. The standard InChI is InChI=1S/C27H26ClN3O2/c1-3-10-25(32)31(22-14-9-13-21(28)17-22)19(2)26-29-24-16-8-7-15-23(24)27(33)30(26)18-20-11-5-4-6-12-20/h4-9,11-17,19H,3,10,18H2,1-2H3. The highest BCUT2D eigenvalue weighted by Gasteiger charge is 2.27. The van der Waals surface area contributed by atoms with Crippen LogP contribution in [0.15, 0.2) is 83.7 Å². The number of halogens is 1. The molecular formula is C27H26ClN3O2. The molecule has 1 heterocycles. The van der Waals surface area contributed by atoms with Crippen LogP contribution in [0.25, 0.3) is 10.9 Å². The molecule has 3 aromatic carbocycles. The number of carbonyl (C=O) groups is 1. The lowest BCUT2D eigenvalue weighted by molar-refractivity contribution is -0.119. The molecule has 0 fully saturated rings. The molecule has 33 heavy (non-hydrogen) atoms. The number of anilines is 1. The van der Waals surface area contributed by atoms with Gasteiger partial charge in [0.2, 0.25) is 5.91 Å². The predicted molar refractivity (Wildman–Crippen MR) is 134 cm³/mol. The van der Waals surface area contributed by atoms with Gasteiger partial charge in [-0.15, -0.1) is 0 Å². The van der Waals surface area contributed by atoms with Gasteiger partial charge >= 0.3 is 0 Å². The molecule has 4 rings (SSSR count). The summed E-state index contributed by atoms with van der Waals surface area (Å²) in [5, 5.41) is 1.10. The van der Waals surface area contributed by atoms with E-state index in [2.05, 4.69) is 0 Å². The highest BCUT2D eigenvalue weighted by Crippen LogP contribution is 2.30. The number of amides is 1. The van der Waals surface area contributed by atoms with Crippen LogP contribution in [0.4, 0.5) is 5.69 Å². The minimum absolute atomic E-state index is 0.0408. The topological polar surface area (TPSA) is 55.2 Å². The first-order chi connectivity index (χ1) is 16.0. The van der Waals surface area contributed by atoms with Crippen molar-refractivity contribution in [3.8, 4) is 0 Å². The third-order valence-electron chi connectivity index (χ3n) is 5.65. The van der Waals surface area contributed by atoms with Gasteiger partial charge in [-0.3, -0.25) is 14.2 Å². The Bertz CT molecular complexity index is 1330. The molecule has 1 atom stereocenters. The van der Waals surface area contributed by atoms with E-state index >= 15 is 0 Å². The van der Waals surface area contributed by atoms with E-state index < -0.39 is 6.04 Å². The van der Waals surface area contributed by atoms with Gasteiger partial charge in [-0.25, -0.2) is 4.98 Å². The minimum Gasteiger partial charge on any atom is -0.302 e. The number of carbonyl (C=O) groups excluding carboxylic acids is 1. The Labute approximate surface area is 198 Å². The molecule has 0 bridgehead atoms. The Kier molecular flexibility index (Phi) is 6.90. The molecule has 0 spiro atoms. The van der Waals surface area contributed by atoms with E-state index in [4.69, 9.17) is 16.6 Å². The van der Waals surface area contributed by atoms with E-state index in [1.54, 1.807) is 27.7 Å². The van der Waals surface area contributed by atoms with Crippen LogP contribution in [0.2, 0.25) is 5.02 Å². The second kappa shape index (κ2) is 10.0. The molecule has 0 aliphatic rings. The Morgan fingerprint density at radius 3 is 2.48 bits per heavy atom. The SMILES string of the molecule is CCCC(=O)N(c1cccc(Cl)c1)C(C)c1nc2ccccc2c(=O)n1Cc1ccccc1. The third-order valence-corrected chi connectivity index (χ3v) is 5.89. The quantitative estimate of drug-likeness (QED) is 0.341. The fraction of sp³-hybridized carbons (Fsp3) is 0.222. The average Bonchev–Trinajstić information content (AvgIpc) is 2.82. The summed E-state index contributed by atoms with van der Waals surface area (Å²) in [6.07, 6.45) is 1.10. The molecule has 0 N–H and O–H groups in total. The second-order valence-corrected chi connectivity index (χ2v) is 8.47. The Morgan fingerprint density at radius 2 is 1.76 bits per heavy atom. The summed E-state index contributed by atoms with van der Waals surface area (Å²) in [5.74, 6) is 0.493. The van der Waals surface area contributed by atoms with E-state index in [0.29, 0.717) is 46.8 Å². The lowest BCUT2D eigenvalue weighted by Gasteiger charge is -2.31. The van der Waals surface area contributed by atoms with Crippen LogP contribution < -0.4 is 10.5 Å². The highest BCUT2D eigenvalue weighted by molar-refractivity contribution is 6.30. The maximum atomic E-state index is 13.6. The van der Waals surface area contributed by atoms with E-state index in [9.17, 15) is 9.59 Å². The number of rotatable bonds is 7. The first-order valence-electron chi connectivity index (χ1n) is 11.1. The van der Waals surface area contributed by atoms with Gasteiger partial charge in [-0.2, -0.15) is 0 Å². The van der Waals surface area contributed by atoms with E-state index in [-0.39, 0.29) is 11.5 Å². The Hall–Kier alpha value is -3.44. The summed E-state index contributed by atoms with van der Waals surface area (Å²) >= 11 is 6.25. The number of nitrogens with zero attached hydrogens (tertiary/aromatic N) is 3. The van der Waals surface area contributed by atoms with Crippen molar-refractivity contribution in [3.05, 3.63) is 106 Å². The molecule has 1 amide bonds. The van der Waals surface area contributed by atoms with Gasteiger partial charge < -0.3 is 4.90 Å². The van der Waals surface area contributed by atoms with Crippen molar-refractivity contribution in [2.45, 2.75) is 39.3 Å². The fourth-order valence-corrected chi connectivity index (χ4v) is 4.27. The largest absolute Gasteiger partial charge is 0.302 e. The van der Waals surface area contributed by atoms with Crippen molar-refractivity contribution in [1.82, 2.24) is 9.55 Å². The average molecular weight is 460 g/mol. The van der Waals surface area contributed by atoms with Crippen molar-refractivity contribution in [1.29, 1.82) is 0 Å². The molecule has 1 unspecified atom stereocenters. The van der Waals surface area contributed by atoms with E-state index in [1.807, 2.05) is 74.5 Å². The third kappa shape index (κ3) is 4.83. The molecule has 5 nitrogen and oxygen atoms in total. The second-order valence-electron chi connectivity index (χ2n) is 8.03. The molecule has 168 valence electrons. The maximum Gasteiger partial charge on any atom is 0.261 e. The van der Waals surface area contributed by atoms with Crippen LogP contribution in [-0.2, 0) is 11.3 Å². The molecule has 0 saturated heterocycles. The van der Waals surface area contributed by atoms with Gasteiger partial charge in [0.15, 0.2) is 0 Å². The van der Waals surface area contributed by atoms with Crippen molar-refractivity contribution in [2.24, 2.45) is 0 Å². The van der Waals surface area contributed by atoms with Gasteiger partial charge in [0.1, 0.15) is 5.82 Å². The minimum atomic E-state index is -0.483. The lowest BCUT2D eigenvalue weighted by Crippen LogP contribution is -2.38. The highest BCUT2D eigenvalue weighted by atomic mass is 35.5. The van der Waals surface area contributed by atoms with E-state index in [1.165, 1.54) is 0 Å². The van der Waals surface area contributed by atoms with Gasteiger partial charge in [0, 0.05) is 17.1 Å². The van der Waals surface area contributed by atoms with Crippen molar-refractivity contribution in [3.63, 3.8) is 0 Å². The van der Waals surface area contributed by atoms with Crippen LogP contribution in [0.1, 0.15) is 44.1 Å². The molecule has 0 radical (unpaired) electrons. The maximum absolute atomic E-state index is 13.6. The zero-order chi connectivity index (χ0) is 23.4. The molecule has 1 aromatic heterocycles. The molecule has 0 aliphatic carbocycles. The lowest BCUT2D eigenvalue weighted by atomic mass is 10.1. The number of benzene rings is 3. The summed E-state index contributed by atoms with van der Waals surface area (Å²) < 4.78 is 1.68. The number of para-hydroxylation sites is 1. The molecule has 0 saturated carbocycles. The first kappa shape index (κ1) is 22.7. The Morgan fingerprint density at radius 1 is 1.03 bits per heavy atom. The van der Waals surface area contributed by atoms with Crippen molar-refractivity contribution < 1.29 is 4.79 Å². The first-order valence-corrected chi connectivity index (χ1v) is 11.5. The molecule has 4 aromatic rings. The van der Waals surface area contributed by atoms with Gasteiger partial charge in [0.05, 0.1) is 23.5 Å². The Balaban J connectivity index is 1.90.